The number of nitrogens with zero attached hydrogens (tertiary/aromatic N) is 2. The molecule has 2 aliphatic rings. The number of fused-ring (bicyclic) bond motifs is 5. The highest BCUT2D eigenvalue weighted by Gasteiger charge is 2.56. The first kappa shape index (κ1) is 26.7. The Bertz CT molecular complexity index is 1620. The number of nitrogens with one attached hydrogen (secondary N) is 1. The Morgan fingerprint density at radius 2 is 1.61 bits per heavy atom. The molecule has 1 aromatic heterocycles. The Labute approximate surface area is 239 Å². The number of aromatic amines is 1. The van der Waals surface area contributed by atoms with Gasteiger partial charge in [-0.05, 0) is 53.8 Å². The number of rotatable bonds is 7. The van der Waals surface area contributed by atoms with Crippen molar-refractivity contribution < 1.29 is 23.8 Å². The molecule has 1 saturated heterocycles. The third-order valence-electron chi connectivity index (χ3n) is 8.71. The van der Waals surface area contributed by atoms with Crippen LogP contribution in [0.25, 0.3) is 10.9 Å². The summed E-state index contributed by atoms with van der Waals surface area (Å²) in [5, 5.41) is 1.08. The highest BCUT2D eigenvalue weighted by molar-refractivity contribution is 6.01. The van der Waals surface area contributed by atoms with Crippen molar-refractivity contribution in [1.82, 2.24) is 14.8 Å². The zero-order valence-corrected chi connectivity index (χ0v) is 24.1. The summed E-state index contributed by atoms with van der Waals surface area (Å²) in [4.78, 5) is 35.3. The third-order valence-corrected chi connectivity index (χ3v) is 8.71. The highest BCUT2D eigenvalue weighted by Crippen LogP contribution is 2.48. The molecule has 212 valence electrons. The first-order valence-electron chi connectivity index (χ1n) is 13.9. The van der Waals surface area contributed by atoms with Crippen LogP contribution in [0.5, 0.6) is 17.2 Å². The molecular formula is C33H35N3O5. The van der Waals surface area contributed by atoms with E-state index in [1.54, 1.807) is 31.1 Å². The van der Waals surface area contributed by atoms with Crippen LogP contribution in [0.3, 0.4) is 0 Å². The Balaban J connectivity index is 1.44. The lowest BCUT2D eigenvalue weighted by Crippen LogP contribution is -2.67. The van der Waals surface area contributed by atoms with Gasteiger partial charge in [-0.3, -0.25) is 9.59 Å². The SMILES string of the molecule is CCc1ccc(C2CN3C(=O)CN(Cc4cc(OC)c(OC)c(OC)c4)C(=O)C3(C)c3[nH]c4ccccc4c32)cc1. The van der Waals surface area contributed by atoms with Gasteiger partial charge in [-0.25, -0.2) is 0 Å². The van der Waals surface area contributed by atoms with Gasteiger partial charge in [0.05, 0.1) is 27.0 Å². The average molecular weight is 554 g/mol. The lowest BCUT2D eigenvalue weighted by molar-refractivity contribution is -0.166. The summed E-state index contributed by atoms with van der Waals surface area (Å²) in [5.41, 5.74) is 4.82. The number of hydrogen-bond acceptors (Lipinski definition) is 5. The minimum Gasteiger partial charge on any atom is -0.493 e. The van der Waals surface area contributed by atoms with Gasteiger partial charge in [-0.2, -0.15) is 0 Å². The van der Waals surface area contributed by atoms with Crippen LogP contribution in [0.2, 0.25) is 0 Å². The Kier molecular flexibility index (Phi) is 6.64. The summed E-state index contributed by atoms with van der Waals surface area (Å²) in [6.45, 7) is 4.66. The van der Waals surface area contributed by atoms with Crippen LogP contribution in [-0.2, 0) is 28.1 Å². The van der Waals surface area contributed by atoms with Gasteiger partial charge >= 0.3 is 0 Å². The van der Waals surface area contributed by atoms with Gasteiger partial charge in [0.1, 0.15) is 6.54 Å². The molecule has 2 unspecified atom stereocenters. The van der Waals surface area contributed by atoms with Crippen LogP contribution in [0.1, 0.15) is 47.7 Å². The minimum atomic E-state index is -1.18. The summed E-state index contributed by atoms with van der Waals surface area (Å²) < 4.78 is 16.5. The van der Waals surface area contributed by atoms with Crippen molar-refractivity contribution in [3.05, 3.63) is 88.6 Å². The van der Waals surface area contributed by atoms with Gasteiger partial charge in [0.15, 0.2) is 17.0 Å². The van der Waals surface area contributed by atoms with Gasteiger partial charge in [-0.1, -0.05) is 49.4 Å². The van der Waals surface area contributed by atoms with Gasteiger partial charge in [0.25, 0.3) is 5.91 Å². The standard InChI is InChI=1S/C33H35N3O5/c1-6-20-11-13-22(14-12-20)24-18-36-28(37)19-35(17-21-15-26(39-3)30(41-5)27(16-21)40-4)32(38)33(36,2)31-29(24)23-9-7-8-10-25(23)34-31/h7-16,24,34H,6,17-19H2,1-5H3. The Morgan fingerprint density at radius 3 is 2.24 bits per heavy atom. The fraction of sp³-hybridized carbons (Fsp3) is 0.333. The predicted molar refractivity (Wildman–Crippen MR) is 157 cm³/mol. The molecule has 0 aliphatic carbocycles. The molecule has 2 atom stereocenters. The summed E-state index contributed by atoms with van der Waals surface area (Å²) in [7, 11) is 4.66. The van der Waals surface area contributed by atoms with E-state index < -0.39 is 5.54 Å². The van der Waals surface area contributed by atoms with Gasteiger partial charge in [0, 0.05) is 29.9 Å². The number of carbonyl (C=O) groups is 2. The molecule has 1 N–H and O–H groups in total. The molecule has 41 heavy (non-hydrogen) atoms. The third kappa shape index (κ3) is 4.12. The Hall–Kier alpha value is -4.46. The number of piperazine rings is 1. The fourth-order valence-electron chi connectivity index (χ4n) is 6.54. The summed E-state index contributed by atoms with van der Waals surface area (Å²) >= 11 is 0. The smallest absolute Gasteiger partial charge is 0.255 e. The monoisotopic (exact) mass is 553 g/mol. The molecule has 6 rings (SSSR count). The number of aryl methyl sites for hydroxylation is 1. The molecule has 3 aromatic carbocycles. The molecule has 3 heterocycles. The van der Waals surface area contributed by atoms with Crippen molar-refractivity contribution in [1.29, 1.82) is 0 Å². The number of carbonyl (C=O) groups excluding carboxylic acids is 2. The number of hydrogen-bond donors (Lipinski definition) is 1. The summed E-state index contributed by atoms with van der Waals surface area (Å²) in [5.74, 6) is 1.21. The Morgan fingerprint density at radius 1 is 0.927 bits per heavy atom. The van der Waals surface area contributed by atoms with Crippen molar-refractivity contribution in [2.75, 3.05) is 34.4 Å². The quantitative estimate of drug-likeness (QED) is 0.349. The van der Waals surface area contributed by atoms with E-state index in [0.717, 1.165) is 39.7 Å². The predicted octanol–water partition coefficient (Wildman–Crippen LogP) is 4.99. The van der Waals surface area contributed by atoms with Gasteiger partial charge < -0.3 is 29.0 Å². The number of amides is 2. The molecule has 2 amide bonds. The van der Waals surface area contributed by atoms with E-state index in [1.165, 1.54) is 5.56 Å². The topological polar surface area (TPSA) is 84.1 Å². The lowest BCUT2D eigenvalue weighted by atomic mass is 9.76. The van der Waals surface area contributed by atoms with E-state index in [9.17, 15) is 9.59 Å². The van der Waals surface area contributed by atoms with E-state index in [1.807, 2.05) is 37.3 Å². The van der Waals surface area contributed by atoms with Crippen LogP contribution in [0.15, 0.2) is 60.7 Å². The maximum atomic E-state index is 14.5. The van der Waals surface area contributed by atoms with Crippen molar-refractivity contribution in [2.24, 2.45) is 0 Å². The van der Waals surface area contributed by atoms with E-state index >= 15 is 0 Å². The fourth-order valence-corrected chi connectivity index (χ4v) is 6.54. The van der Waals surface area contributed by atoms with Crippen LogP contribution in [-0.4, -0.2) is 61.0 Å². The maximum absolute atomic E-state index is 14.5. The highest BCUT2D eigenvalue weighted by atomic mass is 16.5. The summed E-state index contributed by atoms with van der Waals surface area (Å²) in [6.07, 6.45) is 0.961. The number of ether oxygens (including phenoxy) is 3. The van der Waals surface area contributed by atoms with Crippen LogP contribution >= 0.6 is 0 Å². The number of para-hydroxylation sites is 1. The summed E-state index contributed by atoms with van der Waals surface area (Å²) in [6, 6.07) is 20.4. The second-order valence-electron chi connectivity index (χ2n) is 10.9. The molecule has 1 fully saturated rings. The van der Waals surface area contributed by atoms with Crippen molar-refractivity contribution in [3.63, 3.8) is 0 Å². The van der Waals surface area contributed by atoms with Crippen molar-refractivity contribution in [3.8, 4) is 17.2 Å². The van der Waals surface area contributed by atoms with Crippen molar-refractivity contribution >= 4 is 22.7 Å². The van der Waals surface area contributed by atoms with Gasteiger partial charge in [-0.15, -0.1) is 0 Å². The number of aromatic nitrogens is 1. The molecule has 0 spiro atoms. The van der Waals surface area contributed by atoms with Crippen molar-refractivity contribution in [2.45, 2.75) is 38.3 Å². The molecule has 4 aromatic rings. The lowest BCUT2D eigenvalue weighted by Gasteiger charge is -2.51. The first-order chi connectivity index (χ1) is 19.8. The van der Waals surface area contributed by atoms with E-state index in [-0.39, 0.29) is 30.8 Å². The molecule has 0 radical (unpaired) electrons. The molecule has 2 aliphatic heterocycles. The normalized spacial score (nSPS) is 20.2. The maximum Gasteiger partial charge on any atom is 0.255 e. The van der Waals surface area contributed by atoms with Crippen LogP contribution in [0.4, 0.5) is 0 Å². The molecule has 8 nitrogen and oxygen atoms in total. The molecule has 8 heteroatoms. The molecule has 0 bridgehead atoms. The minimum absolute atomic E-state index is 0.0118. The van der Waals surface area contributed by atoms with Gasteiger partial charge in [0.2, 0.25) is 11.7 Å². The second kappa shape index (κ2) is 10.2. The van der Waals surface area contributed by atoms with E-state index in [4.69, 9.17) is 14.2 Å². The average Bonchev–Trinajstić information content (AvgIpc) is 3.40. The first-order valence-corrected chi connectivity index (χ1v) is 13.9. The molecular weight excluding hydrogens is 518 g/mol. The van der Waals surface area contributed by atoms with E-state index in [0.29, 0.717) is 23.8 Å². The second-order valence-corrected chi connectivity index (χ2v) is 10.9. The molecule has 0 saturated carbocycles. The van der Waals surface area contributed by atoms with Crippen LogP contribution < -0.4 is 14.2 Å². The zero-order chi connectivity index (χ0) is 28.9. The van der Waals surface area contributed by atoms with Crippen LogP contribution in [0, 0.1) is 0 Å². The van der Waals surface area contributed by atoms with E-state index in [2.05, 4.69) is 42.2 Å². The number of benzene rings is 3. The number of methoxy groups -OCH3 is 3. The zero-order valence-electron chi connectivity index (χ0n) is 24.1. The largest absolute Gasteiger partial charge is 0.493 e. The number of H-pyrrole nitrogens is 1.